The van der Waals surface area contributed by atoms with Crippen molar-refractivity contribution in [2.75, 3.05) is 19.6 Å². The highest BCUT2D eigenvalue weighted by Crippen LogP contribution is 2.24. The van der Waals surface area contributed by atoms with E-state index in [1.165, 1.54) is 12.5 Å². The van der Waals surface area contributed by atoms with Crippen molar-refractivity contribution in [2.24, 2.45) is 5.92 Å². The summed E-state index contributed by atoms with van der Waals surface area (Å²) in [4.78, 5) is 61.3. The lowest BCUT2D eigenvalue weighted by Gasteiger charge is -2.26. The summed E-state index contributed by atoms with van der Waals surface area (Å²) in [6.07, 6.45) is -0.555. The summed E-state index contributed by atoms with van der Waals surface area (Å²) in [5.41, 5.74) is 3.43. The Balaban J connectivity index is 1.89. The third-order valence-electron chi connectivity index (χ3n) is 5.70. The first kappa shape index (κ1) is 29.7. The van der Waals surface area contributed by atoms with Crippen LogP contribution in [0.15, 0.2) is 30.3 Å². The van der Waals surface area contributed by atoms with Gasteiger partial charge in [-0.15, -0.1) is 0 Å². The van der Waals surface area contributed by atoms with Gasteiger partial charge in [-0.25, -0.2) is 5.01 Å². The number of rotatable bonds is 14. The Bertz CT molecular complexity index is 956. The van der Waals surface area contributed by atoms with Crippen LogP contribution in [0.25, 0.3) is 0 Å². The molecule has 4 atom stereocenters. The van der Waals surface area contributed by atoms with Gasteiger partial charge in [0.05, 0.1) is 6.04 Å². The van der Waals surface area contributed by atoms with Crippen molar-refractivity contribution in [3.63, 3.8) is 0 Å². The van der Waals surface area contributed by atoms with Gasteiger partial charge in [0, 0.05) is 6.54 Å². The maximum atomic E-state index is 12.9. The Morgan fingerprint density at radius 1 is 1.03 bits per heavy atom. The summed E-state index contributed by atoms with van der Waals surface area (Å²) < 4.78 is 5.07. The number of benzene rings is 1. The van der Waals surface area contributed by atoms with E-state index in [4.69, 9.17) is 9.84 Å². The van der Waals surface area contributed by atoms with Gasteiger partial charge in [-0.05, 0) is 44.7 Å². The summed E-state index contributed by atoms with van der Waals surface area (Å²) in [5, 5.41) is 18.1. The molecular formula is C25H37N5O7. The van der Waals surface area contributed by atoms with E-state index in [2.05, 4.69) is 21.4 Å². The molecule has 4 amide bonds. The number of carbonyl (C=O) groups is 5. The van der Waals surface area contributed by atoms with Gasteiger partial charge >= 0.3 is 5.97 Å². The zero-order valence-corrected chi connectivity index (χ0v) is 21.7. The number of hydrogen-bond donors (Lipinski definition) is 5. The largest absolute Gasteiger partial charge is 0.480 e. The van der Waals surface area contributed by atoms with Gasteiger partial charge in [-0.2, -0.15) is 0 Å². The number of epoxide rings is 1. The molecule has 1 aliphatic rings. The van der Waals surface area contributed by atoms with Crippen molar-refractivity contribution < 1.29 is 33.8 Å². The number of ether oxygens (including phenoxy) is 1. The van der Waals surface area contributed by atoms with Crippen molar-refractivity contribution in [3.05, 3.63) is 35.9 Å². The number of carboxylic acid groups (broad SMARTS) is 1. The molecule has 1 aliphatic heterocycles. The average Bonchev–Trinajstić information content (AvgIpc) is 3.64. The molecular weight excluding hydrogens is 482 g/mol. The normalized spacial score (nSPS) is 17.9. The number of amides is 4. The predicted molar refractivity (Wildman–Crippen MR) is 134 cm³/mol. The van der Waals surface area contributed by atoms with E-state index in [1.54, 1.807) is 6.92 Å². The van der Waals surface area contributed by atoms with Gasteiger partial charge in [0.2, 0.25) is 5.91 Å². The highest BCUT2D eigenvalue weighted by Gasteiger charge is 2.52. The van der Waals surface area contributed by atoms with Crippen LogP contribution in [0.4, 0.5) is 0 Å². The summed E-state index contributed by atoms with van der Waals surface area (Å²) in [6, 6.07) is 8.37. The Morgan fingerprint density at radius 3 is 2.30 bits per heavy atom. The van der Waals surface area contributed by atoms with Crippen molar-refractivity contribution in [1.82, 2.24) is 26.4 Å². The molecule has 12 heteroatoms. The first-order chi connectivity index (χ1) is 17.5. The summed E-state index contributed by atoms with van der Waals surface area (Å²) in [7, 11) is 0. The first-order valence-electron chi connectivity index (χ1n) is 12.4. The van der Waals surface area contributed by atoms with Crippen LogP contribution in [0.5, 0.6) is 0 Å². The monoisotopic (exact) mass is 519 g/mol. The van der Waals surface area contributed by atoms with E-state index in [1.807, 2.05) is 44.2 Å². The van der Waals surface area contributed by atoms with Crippen LogP contribution in [-0.4, -0.2) is 83.6 Å². The maximum Gasteiger partial charge on any atom is 0.325 e. The second kappa shape index (κ2) is 14.3. The maximum absolute atomic E-state index is 12.9. The lowest BCUT2D eigenvalue weighted by atomic mass is 10.0. The Kier molecular flexibility index (Phi) is 11.5. The lowest BCUT2D eigenvalue weighted by Crippen LogP contribution is -2.58. The second-order valence-corrected chi connectivity index (χ2v) is 9.16. The molecule has 2 unspecified atom stereocenters. The number of nitrogens with one attached hydrogen (secondary N) is 4. The number of aliphatic carboxylic acids is 1. The highest BCUT2D eigenvalue weighted by molar-refractivity contribution is 5.97. The van der Waals surface area contributed by atoms with Crippen LogP contribution < -0.4 is 21.4 Å². The van der Waals surface area contributed by atoms with Gasteiger partial charge in [0.1, 0.15) is 12.6 Å². The van der Waals surface area contributed by atoms with Gasteiger partial charge < -0.3 is 25.8 Å². The minimum absolute atomic E-state index is 0.0599. The van der Waals surface area contributed by atoms with Crippen LogP contribution in [0, 0.1) is 5.92 Å². The molecule has 1 saturated heterocycles. The van der Waals surface area contributed by atoms with Gasteiger partial charge in [-0.3, -0.25) is 29.4 Å². The molecule has 2 rings (SSSR count). The van der Waals surface area contributed by atoms with Gasteiger partial charge in [0.25, 0.3) is 17.7 Å². The van der Waals surface area contributed by atoms with Crippen LogP contribution in [0.1, 0.15) is 39.7 Å². The molecule has 204 valence electrons. The highest BCUT2D eigenvalue weighted by atomic mass is 16.6. The number of carbonyl (C=O) groups excluding carboxylic acids is 4. The number of hydrogen-bond acceptors (Lipinski definition) is 7. The van der Waals surface area contributed by atoms with E-state index < -0.39 is 60.4 Å². The third-order valence-corrected chi connectivity index (χ3v) is 5.70. The topological polar surface area (TPSA) is 169 Å². The van der Waals surface area contributed by atoms with Crippen molar-refractivity contribution in [3.8, 4) is 0 Å². The third kappa shape index (κ3) is 9.47. The average molecular weight is 520 g/mol. The molecule has 1 aromatic carbocycles. The second-order valence-electron chi connectivity index (χ2n) is 9.16. The van der Waals surface area contributed by atoms with E-state index in [-0.39, 0.29) is 5.92 Å². The van der Waals surface area contributed by atoms with Crippen molar-refractivity contribution in [1.29, 1.82) is 0 Å². The zero-order valence-electron chi connectivity index (χ0n) is 21.7. The number of likely N-dealkylation sites (N-methyl/N-ethyl adjacent to an activating group) is 1. The fourth-order valence-electron chi connectivity index (χ4n) is 3.66. The fourth-order valence-corrected chi connectivity index (χ4v) is 3.66. The fraction of sp³-hybridized carbons (Fsp3) is 0.560. The summed E-state index contributed by atoms with van der Waals surface area (Å²) in [5.74, 6) is -3.99. The van der Waals surface area contributed by atoms with E-state index in [0.29, 0.717) is 18.1 Å². The number of hydrazine groups is 1. The Morgan fingerprint density at radius 2 is 1.70 bits per heavy atom. The molecule has 5 N–H and O–H groups in total. The molecule has 37 heavy (non-hydrogen) atoms. The molecule has 1 heterocycles. The lowest BCUT2D eigenvalue weighted by molar-refractivity contribution is -0.151. The standard InChI is InChI=1S/C25H37N5O7/c1-5-26-24(35)20-21(37-20)25(36)30(14-18(31)32)29-22(33)16(4)28-23(34)19(15(2)3)27-13-9-12-17-10-7-6-8-11-17/h6-8,10-11,15-16,19-21,27H,5,9,12-14H2,1-4H3,(H,26,35)(H,28,34)(H,29,33)(H,31,32)/t16?,19?,20-,21-/m0/s1. The molecule has 0 saturated carbocycles. The molecule has 0 spiro atoms. The first-order valence-corrected chi connectivity index (χ1v) is 12.4. The molecule has 0 bridgehead atoms. The predicted octanol–water partition coefficient (Wildman–Crippen LogP) is -0.414. The molecule has 0 aliphatic carbocycles. The SMILES string of the molecule is CCNC(=O)[C@H]1O[C@@H]1C(=O)N(CC(=O)O)NC(=O)C(C)NC(=O)C(NCCCc1ccccc1)C(C)C. The Hall–Kier alpha value is -3.51. The number of carboxylic acids is 1. The van der Waals surface area contributed by atoms with E-state index >= 15 is 0 Å². The van der Waals surface area contributed by atoms with Crippen molar-refractivity contribution in [2.45, 2.75) is 64.8 Å². The molecule has 0 radical (unpaired) electrons. The van der Waals surface area contributed by atoms with E-state index in [9.17, 15) is 24.0 Å². The smallest absolute Gasteiger partial charge is 0.325 e. The molecule has 0 aromatic heterocycles. The van der Waals surface area contributed by atoms with Crippen LogP contribution in [0.3, 0.4) is 0 Å². The van der Waals surface area contributed by atoms with Gasteiger partial charge in [-0.1, -0.05) is 44.2 Å². The molecule has 1 fully saturated rings. The summed E-state index contributed by atoms with van der Waals surface area (Å²) in [6.45, 7) is 6.99. The Labute approximate surface area is 216 Å². The van der Waals surface area contributed by atoms with Crippen LogP contribution in [0.2, 0.25) is 0 Å². The van der Waals surface area contributed by atoms with E-state index in [0.717, 1.165) is 12.8 Å². The van der Waals surface area contributed by atoms with Crippen LogP contribution >= 0.6 is 0 Å². The zero-order chi connectivity index (χ0) is 27.5. The molecule has 1 aromatic rings. The minimum Gasteiger partial charge on any atom is -0.480 e. The molecule has 12 nitrogen and oxygen atoms in total. The number of nitrogens with zero attached hydrogens (tertiary/aromatic N) is 1. The minimum atomic E-state index is -1.37. The number of aryl methyl sites for hydroxylation is 1. The van der Waals surface area contributed by atoms with Gasteiger partial charge in [0.15, 0.2) is 12.2 Å². The van der Waals surface area contributed by atoms with Crippen LogP contribution in [-0.2, 0) is 35.1 Å². The quantitative estimate of drug-likeness (QED) is 0.125. The van der Waals surface area contributed by atoms with Crippen molar-refractivity contribution >= 4 is 29.6 Å². The summed E-state index contributed by atoms with van der Waals surface area (Å²) >= 11 is 0.